The fraction of sp³-hybridized carbons (Fsp3) is 0.765. The molecule has 110 valence electrons. The monoisotopic (exact) mass is 337 g/mol. The molecule has 4 fully saturated rings. The van der Waals surface area contributed by atoms with Crippen LogP contribution >= 0.6 is 15.9 Å². The lowest BCUT2D eigenvalue weighted by molar-refractivity contribution is -0.156. The molecule has 2 N–H and O–H groups in total. The van der Waals surface area contributed by atoms with Crippen LogP contribution in [0.1, 0.15) is 64.2 Å². The van der Waals surface area contributed by atoms with Gasteiger partial charge < -0.3 is 10.2 Å². The van der Waals surface area contributed by atoms with Crippen molar-refractivity contribution in [3.05, 3.63) is 22.6 Å². The minimum absolute atomic E-state index is 0.0360. The van der Waals surface area contributed by atoms with Crippen molar-refractivity contribution >= 4 is 15.9 Å². The van der Waals surface area contributed by atoms with E-state index in [0.717, 1.165) is 16.2 Å². The van der Waals surface area contributed by atoms with Gasteiger partial charge >= 0.3 is 0 Å². The molecule has 1 heterocycles. The standard InChI is InChI=1S/C17H24BrNO/c1-15-5-11-6-16(2,8-15)10-17(7-11,9-15)14(19)13-12(18)3-4-20-13/h3-4,11,14H,5-10,19H2,1-2H3. The average Bonchev–Trinajstić information content (AvgIpc) is 2.69. The van der Waals surface area contributed by atoms with Gasteiger partial charge in [0.05, 0.1) is 16.8 Å². The summed E-state index contributed by atoms with van der Waals surface area (Å²) in [6.45, 7) is 4.99. The first-order chi connectivity index (χ1) is 9.33. The van der Waals surface area contributed by atoms with Crippen LogP contribution in [0.3, 0.4) is 0 Å². The van der Waals surface area contributed by atoms with Crippen molar-refractivity contribution in [2.75, 3.05) is 0 Å². The predicted molar refractivity (Wildman–Crippen MR) is 83.2 cm³/mol. The van der Waals surface area contributed by atoms with Gasteiger partial charge in [0.15, 0.2) is 0 Å². The zero-order valence-electron chi connectivity index (χ0n) is 12.4. The number of nitrogens with two attached hydrogens (primary N) is 1. The Morgan fingerprint density at radius 3 is 2.35 bits per heavy atom. The maximum absolute atomic E-state index is 6.73. The smallest absolute Gasteiger partial charge is 0.135 e. The zero-order valence-corrected chi connectivity index (χ0v) is 14.0. The summed E-state index contributed by atoms with van der Waals surface area (Å²) >= 11 is 3.60. The van der Waals surface area contributed by atoms with Crippen LogP contribution < -0.4 is 5.73 Å². The third-order valence-corrected chi connectivity index (χ3v) is 6.91. The highest BCUT2D eigenvalue weighted by Crippen LogP contribution is 2.72. The summed E-state index contributed by atoms with van der Waals surface area (Å²) in [7, 11) is 0. The van der Waals surface area contributed by atoms with Gasteiger partial charge in [-0.3, -0.25) is 0 Å². The molecule has 0 aromatic carbocycles. The second-order valence-corrected chi connectivity index (χ2v) is 9.46. The van der Waals surface area contributed by atoms with Crippen LogP contribution in [0.2, 0.25) is 0 Å². The molecule has 3 atom stereocenters. The lowest BCUT2D eigenvalue weighted by Gasteiger charge is -2.66. The van der Waals surface area contributed by atoms with E-state index in [2.05, 4.69) is 29.8 Å². The van der Waals surface area contributed by atoms with Gasteiger partial charge in [0.2, 0.25) is 0 Å². The van der Waals surface area contributed by atoms with E-state index in [1.54, 1.807) is 6.26 Å². The summed E-state index contributed by atoms with van der Waals surface area (Å²) in [4.78, 5) is 0. The summed E-state index contributed by atoms with van der Waals surface area (Å²) in [5.74, 6) is 1.83. The largest absolute Gasteiger partial charge is 0.466 e. The molecule has 4 saturated carbocycles. The van der Waals surface area contributed by atoms with Crippen molar-refractivity contribution in [1.82, 2.24) is 0 Å². The van der Waals surface area contributed by atoms with Crippen LogP contribution in [0.25, 0.3) is 0 Å². The Kier molecular flexibility index (Phi) is 2.62. The van der Waals surface area contributed by atoms with Gasteiger partial charge in [-0.05, 0) is 82.7 Å². The molecule has 3 unspecified atom stereocenters. The van der Waals surface area contributed by atoms with E-state index in [0.29, 0.717) is 10.8 Å². The molecule has 0 aliphatic heterocycles. The Balaban J connectivity index is 1.75. The molecule has 0 radical (unpaired) electrons. The van der Waals surface area contributed by atoms with Crippen LogP contribution in [0.15, 0.2) is 21.2 Å². The molecule has 0 spiro atoms. The molecule has 4 aliphatic rings. The van der Waals surface area contributed by atoms with Crippen molar-refractivity contribution in [2.45, 2.75) is 58.4 Å². The molecule has 20 heavy (non-hydrogen) atoms. The van der Waals surface area contributed by atoms with Crippen molar-refractivity contribution in [2.24, 2.45) is 27.9 Å². The molecular formula is C17H24BrNO. The Bertz CT molecular complexity index is 533. The lowest BCUT2D eigenvalue weighted by atomic mass is 9.39. The van der Waals surface area contributed by atoms with Gasteiger partial charge in [-0.15, -0.1) is 0 Å². The minimum Gasteiger partial charge on any atom is -0.466 e. The second kappa shape index (κ2) is 3.92. The van der Waals surface area contributed by atoms with Crippen LogP contribution in [0.5, 0.6) is 0 Å². The summed E-state index contributed by atoms with van der Waals surface area (Å²) < 4.78 is 6.75. The third kappa shape index (κ3) is 1.78. The van der Waals surface area contributed by atoms with Crippen molar-refractivity contribution in [3.8, 4) is 0 Å². The molecule has 4 bridgehead atoms. The van der Waals surface area contributed by atoms with Gasteiger partial charge in [-0.1, -0.05) is 13.8 Å². The maximum atomic E-state index is 6.73. The Labute approximate surface area is 129 Å². The number of halogens is 1. The SMILES string of the molecule is CC12CC3CC(C)(C1)CC(C(N)c1occc1Br)(C3)C2. The molecule has 3 heteroatoms. The van der Waals surface area contributed by atoms with Gasteiger partial charge in [0.25, 0.3) is 0 Å². The van der Waals surface area contributed by atoms with E-state index >= 15 is 0 Å². The molecular weight excluding hydrogens is 314 g/mol. The van der Waals surface area contributed by atoms with Crippen LogP contribution in [0, 0.1) is 22.2 Å². The number of furan rings is 1. The summed E-state index contributed by atoms with van der Waals surface area (Å²) in [6.07, 6.45) is 9.83. The molecule has 1 aromatic heterocycles. The van der Waals surface area contributed by atoms with E-state index in [9.17, 15) is 0 Å². The Morgan fingerprint density at radius 2 is 1.85 bits per heavy atom. The Hall–Kier alpha value is -0.280. The first-order valence-corrected chi connectivity index (χ1v) is 8.61. The number of hydrogen-bond donors (Lipinski definition) is 1. The predicted octanol–water partition coefficient (Wildman–Crippen LogP) is 5.04. The van der Waals surface area contributed by atoms with Gasteiger partial charge in [-0.25, -0.2) is 0 Å². The second-order valence-electron chi connectivity index (χ2n) is 8.60. The highest BCUT2D eigenvalue weighted by molar-refractivity contribution is 9.10. The van der Waals surface area contributed by atoms with Gasteiger partial charge in [0, 0.05) is 0 Å². The zero-order chi connectivity index (χ0) is 14.2. The summed E-state index contributed by atoms with van der Waals surface area (Å²) in [5, 5.41) is 0. The molecule has 5 rings (SSSR count). The minimum atomic E-state index is 0.0360. The van der Waals surface area contributed by atoms with Crippen molar-refractivity contribution in [3.63, 3.8) is 0 Å². The highest BCUT2D eigenvalue weighted by atomic mass is 79.9. The van der Waals surface area contributed by atoms with E-state index in [-0.39, 0.29) is 11.5 Å². The van der Waals surface area contributed by atoms with Crippen molar-refractivity contribution in [1.29, 1.82) is 0 Å². The van der Waals surface area contributed by atoms with Gasteiger partial charge in [0.1, 0.15) is 5.76 Å². The van der Waals surface area contributed by atoms with Crippen LogP contribution in [0.4, 0.5) is 0 Å². The van der Waals surface area contributed by atoms with Crippen LogP contribution in [-0.2, 0) is 0 Å². The Morgan fingerprint density at radius 1 is 1.20 bits per heavy atom. The molecule has 0 saturated heterocycles. The van der Waals surface area contributed by atoms with Crippen molar-refractivity contribution < 1.29 is 4.42 Å². The third-order valence-electron chi connectivity index (χ3n) is 6.26. The van der Waals surface area contributed by atoms with Crippen LogP contribution in [-0.4, -0.2) is 0 Å². The quantitative estimate of drug-likeness (QED) is 0.821. The maximum Gasteiger partial charge on any atom is 0.135 e. The van der Waals surface area contributed by atoms with E-state index < -0.39 is 0 Å². The molecule has 1 aromatic rings. The summed E-state index contributed by atoms with van der Waals surface area (Å²) in [5.41, 5.74) is 8.00. The fourth-order valence-corrected chi connectivity index (χ4v) is 7.14. The normalized spacial score (nSPS) is 47.7. The summed E-state index contributed by atoms with van der Waals surface area (Å²) in [6, 6.07) is 2.01. The topological polar surface area (TPSA) is 39.2 Å². The number of hydrogen-bond acceptors (Lipinski definition) is 2. The molecule has 2 nitrogen and oxygen atoms in total. The van der Waals surface area contributed by atoms with Gasteiger partial charge in [-0.2, -0.15) is 0 Å². The van der Waals surface area contributed by atoms with E-state index in [1.807, 2.05) is 6.07 Å². The highest BCUT2D eigenvalue weighted by Gasteiger charge is 2.62. The average molecular weight is 338 g/mol. The fourth-order valence-electron chi connectivity index (χ4n) is 6.69. The van der Waals surface area contributed by atoms with E-state index in [4.69, 9.17) is 10.2 Å². The lowest BCUT2D eigenvalue weighted by Crippen LogP contribution is -2.58. The molecule has 0 amide bonds. The first kappa shape index (κ1) is 13.4. The van der Waals surface area contributed by atoms with E-state index in [1.165, 1.54) is 38.5 Å². The number of rotatable bonds is 2. The molecule has 4 aliphatic carbocycles. The first-order valence-electron chi connectivity index (χ1n) is 7.82.